The van der Waals surface area contributed by atoms with Gasteiger partial charge in [0.2, 0.25) is 0 Å². The number of aliphatic carboxylic acids is 1. The maximum atomic E-state index is 13.0. The zero-order chi connectivity index (χ0) is 19.6. The fourth-order valence-corrected chi connectivity index (χ4v) is 2.66. The van der Waals surface area contributed by atoms with Crippen LogP contribution < -0.4 is 10.5 Å². The lowest BCUT2D eigenvalue weighted by Crippen LogP contribution is -2.38. The van der Waals surface area contributed by atoms with Crippen LogP contribution in [0.3, 0.4) is 0 Å². The number of benzene rings is 2. The summed E-state index contributed by atoms with van der Waals surface area (Å²) in [5, 5.41) is 16.5. The van der Waals surface area contributed by atoms with Crippen molar-refractivity contribution in [1.29, 1.82) is 0 Å². The van der Waals surface area contributed by atoms with Gasteiger partial charge in [-0.25, -0.2) is 4.39 Å². The SMILES string of the molecule is COc1c(C(=O)C(N)C(=O)O)ccc2[nH]nc(C=Cc3ccc(F)cc3)c12. The van der Waals surface area contributed by atoms with Gasteiger partial charge >= 0.3 is 5.97 Å². The van der Waals surface area contributed by atoms with Gasteiger partial charge in [0.1, 0.15) is 11.6 Å². The standard InChI is InChI=1S/C19H16FN3O4/c1-27-18-12(17(24)16(21)19(25)26)7-9-14-15(18)13(22-23-14)8-4-10-2-5-11(20)6-3-10/h2-9,16H,21H2,1H3,(H,22,23)(H,25,26). The van der Waals surface area contributed by atoms with Crippen molar-refractivity contribution in [2.24, 2.45) is 5.73 Å². The van der Waals surface area contributed by atoms with Crippen LogP contribution in [0.1, 0.15) is 21.6 Å². The number of rotatable bonds is 6. The number of hydrogen-bond acceptors (Lipinski definition) is 5. The molecule has 0 amide bonds. The Kier molecular flexibility index (Phi) is 5.00. The molecule has 2 aromatic carbocycles. The lowest BCUT2D eigenvalue weighted by Gasteiger charge is -2.11. The molecule has 1 aromatic heterocycles. The van der Waals surface area contributed by atoms with Crippen LogP contribution >= 0.6 is 0 Å². The van der Waals surface area contributed by atoms with Gasteiger partial charge in [0.15, 0.2) is 11.8 Å². The second-order valence-electron chi connectivity index (χ2n) is 5.74. The largest absolute Gasteiger partial charge is 0.495 e. The Morgan fingerprint density at radius 3 is 2.56 bits per heavy atom. The molecule has 0 saturated carbocycles. The smallest absolute Gasteiger partial charge is 0.328 e. The lowest BCUT2D eigenvalue weighted by molar-refractivity contribution is -0.137. The number of carboxylic acid groups (broad SMARTS) is 1. The summed E-state index contributed by atoms with van der Waals surface area (Å²) >= 11 is 0. The van der Waals surface area contributed by atoms with E-state index >= 15 is 0 Å². The van der Waals surface area contributed by atoms with E-state index in [1.54, 1.807) is 30.4 Å². The first-order valence-corrected chi connectivity index (χ1v) is 7.93. The Bertz CT molecular complexity index is 1040. The molecule has 0 saturated heterocycles. The Morgan fingerprint density at radius 1 is 1.22 bits per heavy atom. The maximum absolute atomic E-state index is 13.0. The Labute approximate surface area is 153 Å². The number of ether oxygens (including phenoxy) is 1. The molecule has 0 aliphatic heterocycles. The topological polar surface area (TPSA) is 118 Å². The number of carbonyl (C=O) groups excluding carboxylic acids is 1. The minimum Gasteiger partial charge on any atom is -0.495 e. The number of aromatic nitrogens is 2. The number of hydrogen-bond donors (Lipinski definition) is 3. The van der Waals surface area contributed by atoms with Crippen molar-refractivity contribution in [3.8, 4) is 5.75 Å². The number of aromatic amines is 1. The number of fused-ring (bicyclic) bond motifs is 1. The van der Waals surface area contributed by atoms with Crippen molar-refractivity contribution in [2.75, 3.05) is 7.11 Å². The molecule has 1 heterocycles. The van der Waals surface area contributed by atoms with E-state index in [0.29, 0.717) is 16.6 Å². The summed E-state index contributed by atoms with van der Waals surface area (Å²) in [4.78, 5) is 23.4. The first-order valence-electron chi connectivity index (χ1n) is 7.93. The van der Waals surface area contributed by atoms with Gasteiger partial charge in [0.05, 0.1) is 29.3 Å². The molecule has 1 unspecified atom stereocenters. The van der Waals surface area contributed by atoms with Crippen LogP contribution in [-0.2, 0) is 4.79 Å². The number of halogens is 1. The Hall–Kier alpha value is -3.52. The fraction of sp³-hybridized carbons (Fsp3) is 0.105. The van der Waals surface area contributed by atoms with Gasteiger partial charge in [-0.2, -0.15) is 5.10 Å². The molecule has 7 nitrogen and oxygen atoms in total. The number of carboxylic acids is 1. The molecule has 138 valence electrons. The average Bonchev–Trinajstić information content (AvgIpc) is 3.08. The van der Waals surface area contributed by atoms with E-state index < -0.39 is 17.8 Å². The van der Waals surface area contributed by atoms with Gasteiger partial charge < -0.3 is 15.6 Å². The van der Waals surface area contributed by atoms with E-state index in [-0.39, 0.29) is 17.1 Å². The predicted octanol–water partition coefficient (Wildman–Crippen LogP) is 2.48. The predicted molar refractivity (Wildman–Crippen MR) is 97.9 cm³/mol. The monoisotopic (exact) mass is 369 g/mol. The van der Waals surface area contributed by atoms with Gasteiger partial charge in [-0.3, -0.25) is 14.7 Å². The second kappa shape index (κ2) is 7.38. The van der Waals surface area contributed by atoms with Gasteiger partial charge in [0.25, 0.3) is 0 Å². The highest BCUT2D eigenvalue weighted by molar-refractivity contribution is 6.15. The van der Waals surface area contributed by atoms with Crippen LogP contribution in [-0.4, -0.2) is 40.2 Å². The zero-order valence-electron chi connectivity index (χ0n) is 14.3. The minimum atomic E-state index is -1.69. The number of methoxy groups -OCH3 is 1. The number of carbonyl (C=O) groups is 2. The molecule has 3 rings (SSSR count). The van der Waals surface area contributed by atoms with Gasteiger partial charge in [0, 0.05) is 0 Å². The third-order valence-corrected chi connectivity index (χ3v) is 4.03. The molecule has 0 aliphatic rings. The third-order valence-electron chi connectivity index (χ3n) is 4.03. The fourth-order valence-electron chi connectivity index (χ4n) is 2.66. The molecule has 8 heteroatoms. The van der Waals surface area contributed by atoms with Gasteiger partial charge in [-0.15, -0.1) is 0 Å². The van der Waals surface area contributed by atoms with Crippen molar-refractivity contribution in [3.63, 3.8) is 0 Å². The minimum absolute atomic E-state index is 0.0535. The van der Waals surface area contributed by atoms with Crippen molar-refractivity contribution in [2.45, 2.75) is 6.04 Å². The average molecular weight is 369 g/mol. The summed E-state index contributed by atoms with van der Waals surface area (Å²) in [6.07, 6.45) is 3.41. The molecule has 1 atom stereocenters. The number of nitrogens with one attached hydrogen (secondary N) is 1. The molecular formula is C19H16FN3O4. The molecule has 0 radical (unpaired) electrons. The maximum Gasteiger partial charge on any atom is 0.328 e. The molecule has 4 N–H and O–H groups in total. The van der Waals surface area contributed by atoms with Crippen molar-refractivity contribution in [1.82, 2.24) is 10.2 Å². The van der Waals surface area contributed by atoms with Crippen molar-refractivity contribution < 1.29 is 23.8 Å². The quantitative estimate of drug-likeness (QED) is 0.454. The van der Waals surface area contributed by atoms with E-state index in [1.165, 1.54) is 25.3 Å². The highest BCUT2D eigenvalue weighted by Gasteiger charge is 2.27. The van der Waals surface area contributed by atoms with Crippen LogP contribution in [0.4, 0.5) is 4.39 Å². The lowest BCUT2D eigenvalue weighted by atomic mass is 10.0. The van der Waals surface area contributed by atoms with E-state index in [9.17, 15) is 14.0 Å². The van der Waals surface area contributed by atoms with E-state index in [2.05, 4.69) is 10.2 Å². The van der Waals surface area contributed by atoms with Gasteiger partial charge in [-0.1, -0.05) is 18.2 Å². The van der Waals surface area contributed by atoms with Crippen LogP contribution in [0.5, 0.6) is 5.75 Å². The summed E-state index contributed by atoms with van der Waals surface area (Å²) in [7, 11) is 1.37. The number of ketones is 1. The van der Waals surface area contributed by atoms with Crippen LogP contribution in [0.25, 0.3) is 23.1 Å². The number of nitrogens with zero attached hydrogens (tertiary/aromatic N) is 1. The number of Topliss-reactive ketones (excluding diaryl/α,β-unsaturated/α-hetero) is 1. The summed E-state index contributed by atoms with van der Waals surface area (Å²) in [5.74, 6) is -2.35. The Morgan fingerprint density at radius 2 is 1.93 bits per heavy atom. The van der Waals surface area contributed by atoms with Crippen molar-refractivity contribution in [3.05, 3.63) is 59.0 Å². The molecule has 27 heavy (non-hydrogen) atoms. The first kappa shape index (κ1) is 18.3. The molecular weight excluding hydrogens is 353 g/mol. The zero-order valence-corrected chi connectivity index (χ0v) is 14.3. The Balaban J connectivity index is 2.07. The van der Waals surface area contributed by atoms with Crippen molar-refractivity contribution >= 4 is 34.8 Å². The third kappa shape index (κ3) is 3.56. The summed E-state index contributed by atoms with van der Waals surface area (Å²) in [5.41, 5.74) is 7.34. The van der Waals surface area contributed by atoms with E-state index in [1.807, 2.05) is 0 Å². The molecule has 0 fully saturated rings. The summed E-state index contributed by atoms with van der Waals surface area (Å²) in [6, 6.07) is 7.25. The van der Waals surface area contributed by atoms with Crippen LogP contribution in [0.2, 0.25) is 0 Å². The normalized spacial score (nSPS) is 12.4. The number of nitrogens with two attached hydrogens (primary N) is 1. The molecule has 0 bridgehead atoms. The molecule has 3 aromatic rings. The van der Waals surface area contributed by atoms with Crippen LogP contribution in [0, 0.1) is 5.82 Å². The van der Waals surface area contributed by atoms with Gasteiger partial charge in [-0.05, 0) is 35.9 Å². The summed E-state index contributed by atoms with van der Waals surface area (Å²) < 4.78 is 18.4. The summed E-state index contributed by atoms with van der Waals surface area (Å²) in [6.45, 7) is 0. The highest BCUT2D eigenvalue weighted by Crippen LogP contribution is 2.33. The van der Waals surface area contributed by atoms with E-state index in [0.717, 1.165) is 5.56 Å². The first-order chi connectivity index (χ1) is 12.9. The van der Waals surface area contributed by atoms with Crippen LogP contribution in [0.15, 0.2) is 36.4 Å². The molecule has 0 aliphatic carbocycles. The van der Waals surface area contributed by atoms with E-state index in [4.69, 9.17) is 15.6 Å². The number of H-pyrrole nitrogens is 1. The highest BCUT2D eigenvalue weighted by atomic mass is 19.1. The molecule has 0 spiro atoms. The second-order valence-corrected chi connectivity index (χ2v) is 5.74.